The summed E-state index contributed by atoms with van der Waals surface area (Å²) in [5.41, 5.74) is 1.26. The van der Waals surface area contributed by atoms with Crippen molar-refractivity contribution >= 4 is 10.0 Å². The predicted molar refractivity (Wildman–Crippen MR) is 105 cm³/mol. The number of likely N-dealkylation sites (tertiary alicyclic amines) is 1. The van der Waals surface area contributed by atoms with E-state index in [0.717, 1.165) is 6.54 Å². The molecule has 0 radical (unpaired) electrons. The number of hydrogen-bond acceptors (Lipinski definition) is 5. The first kappa shape index (κ1) is 18.0. The van der Waals surface area contributed by atoms with Crippen molar-refractivity contribution in [2.75, 3.05) is 39.9 Å². The number of sulfonamides is 1. The molecule has 0 bridgehead atoms. The quantitative estimate of drug-likeness (QED) is 0.792. The molecule has 0 unspecified atom stereocenters. The minimum Gasteiger partial charge on any atom is -0.486 e. The Kier molecular flexibility index (Phi) is 4.34. The van der Waals surface area contributed by atoms with Crippen molar-refractivity contribution in [3.8, 4) is 11.5 Å². The van der Waals surface area contributed by atoms with Gasteiger partial charge in [0.15, 0.2) is 11.5 Å². The fourth-order valence-electron chi connectivity index (χ4n) is 4.95. The topological polar surface area (TPSA) is 59.1 Å². The lowest BCUT2D eigenvalue weighted by Gasteiger charge is -2.27. The third kappa shape index (κ3) is 2.80. The van der Waals surface area contributed by atoms with Crippen LogP contribution in [0.25, 0.3) is 0 Å². The number of nitrogens with zero attached hydrogens (tertiary/aromatic N) is 2. The van der Waals surface area contributed by atoms with Gasteiger partial charge in [0.1, 0.15) is 18.1 Å². The maximum Gasteiger partial charge on any atom is 0.246 e. The summed E-state index contributed by atoms with van der Waals surface area (Å²) >= 11 is 0. The van der Waals surface area contributed by atoms with Gasteiger partial charge in [0.2, 0.25) is 10.0 Å². The summed E-state index contributed by atoms with van der Waals surface area (Å²) in [6.45, 7) is 2.79. The largest absolute Gasteiger partial charge is 0.486 e. The van der Waals surface area contributed by atoms with Gasteiger partial charge >= 0.3 is 0 Å². The molecule has 3 aliphatic heterocycles. The Morgan fingerprint density at radius 3 is 2.54 bits per heavy atom. The lowest BCUT2D eigenvalue weighted by atomic mass is 9.90. The summed E-state index contributed by atoms with van der Waals surface area (Å²) in [7, 11) is -1.50. The zero-order valence-electron chi connectivity index (χ0n) is 15.8. The second-order valence-corrected chi connectivity index (χ2v) is 9.73. The van der Waals surface area contributed by atoms with E-state index in [0.29, 0.717) is 49.6 Å². The van der Waals surface area contributed by atoms with Gasteiger partial charge in [-0.25, -0.2) is 8.42 Å². The van der Waals surface area contributed by atoms with E-state index in [9.17, 15) is 8.42 Å². The molecule has 0 spiro atoms. The number of ether oxygens (including phenoxy) is 2. The molecule has 2 aromatic rings. The normalized spacial score (nSPS) is 27.7. The fraction of sp³-hybridized carbons (Fsp3) is 0.429. The van der Waals surface area contributed by atoms with Crippen LogP contribution in [-0.4, -0.2) is 57.5 Å². The van der Waals surface area contributed by atoms with Gasteiger partial charge in [-0.15, -0.1) is 0 Å². The summed E-state index contributed by atoms with van der Waals surface area (Å²) in [5, 5.41) is 0. The van der Waals surface area contributed by atoms with E-state index in [1.165, 1.54) is 5.56 Å². The zero-order valence-corrected chi connectivity index (χ0v) is 16.6. The minimum atomic E-state index is -3.64. The number of rotatable bonds is 3. The van der Waals surface area contributed by atoms with Gasteiger partial charge in [-0.05, 0) is 36.6 Å². The molecule has 6 nitrogen and oxygen atoms in total. The first-order valence-corrected chi connectivity index (χ1v) is 11.1. The van der Waals surface area contributed by atoms with Crippen LogP contribution in [0.3, 0.4) is 0 Å². The van der Waals surface area contributed by atoms with E-state index in [4.69, 9.17) is 9.47 Å². The van der Waals surface area contributed by atoms with Gasteiger partial charge < -0.3 is 9.47 Å². The molecular weight excluding hydrogens is 376 g/mol. The van der Waals surface area contributed by atoms with E-state index >= 15 is 0 Å². The van der Waals surface area contributed by atoms with Crippen LogP contribution in [0.5, 0.6) is 11.5 Å². The molecule has 5 rings (SSSR count). The molecule has 0 saturated carbocycles. The van der Waals surface area contributed by atoms with Gasteiger partial charge in [-0.1, -0.05) is 36.4 Å². The summed E-state index contributed by atoms with van der Waals surface area (Å²) in [4.78, 5) is 2.57. The zero-order chi connectivity index (χ0) is 19.3. The Hall–Kier alpha value is -2.09. The molecule has 3 aliphatic rings. The predicted octanol–water partition coefficient (Wildman–Crippen LogP) is 2.38. The maximum absolute atomic E-state index is 13.4. The molecule has 2 aromatic carbocycles. The monoisotopic (exact) mass is 400 g/mol. The molecule has 0 aliphatic carbocycles. The Balaban J connectivity index is 1.45. The van der Waals surface area contributed by atoms with Crippen molar-refractivity contribution < 1.29 is 17.9 Å². The van der Waals surface area contributed by atoms with Crippen molar-refractivity contribution in [1.29, 1.82) is 0 Å². The van der Waals surface area contributed by atoms with Crippen LogP contribution in [0.4, 0.5) is 0 Å². The van der Waals surface area contributed by atoms with Crippen molar-refractivity contribution in [2.24, 2.45) is 11.8 Å². The second-order valence-electron chi connectivity index (χ2n) is 7.82. The SMILES string of the molecule is CN1C[C@H]2CN(S(=O)(=O)c3cccc4c3OCCO4)C[C@H]2[C@@H]1c1ccccc1. The Labute approximate surface area is 165 Å². The summed E-state index contributed by atoms with van der Waals surface area (Å²) in [5.74, 6) is 1.48. The molecule has 3 atom stereocenters. The molecule has 2 saturated heterocycles. The number of fused-ring (bicyclic) bond motifs is 2. The fourth-order valence-corrected chi connectivity index (χ4v) is 6.63. The highest BCUT2D eigenvalue weighted by molar-refractivity contribution is 7.89. The van der Waals surface area contributed by atoms with Gasteiger partial charge in [-0.2, -0.15) is 4.31 Å². The van der Waals surface area contributed by atoms with Crippen LogP contribution in [0.2, 0.25) is 0 Å². The minimum absolute atomic E-state index is 0.217. The lowest BCUT2D eigenvalue weighted by molar-refractivity contribution is 0.166. The van der Waals surface area contributed by atoms with E-state index in [1.807, 2.05) is 18.2 Å². The van der Waals surface area contributed by atoms with Crippen molar-refractivity contribution in [2.45, 2.75) is 10.9 Å². The Morgan fingerprint density at radius 1 is 0.929 bits per heavy atom. The molecule has 7 heteroatoms. The van der Waals surface area contributed by atoms with E-state index < -0.39 is 10.0 Å². The van der Waals surface area contributed by atoms with Gasteiger partial charge in [0.25, 0.3) is 0 Å². The van der Waals surface area contributed by atoms with Crippen LogP contribution >= 0.6 is 0 Å². The Bertz CT molecular complexity index is 979. The highest BCUT2D eigenvalue weighted by Gasteiger charge is 2.49. The van der Waals surface area contributed by atoms with E-state index in [-0.39, 0.29) is 10.9 Å². The number of para-hydroxylation sites is 1. The number of benzene rings is 2. The van der Waals surface area contributed by atoms with E-state index in [2.05, 4.69) is 24.1 Å². The maximum atomic E-state index is 13.4. The summed E-state index contributed by atoms with van der Waals surface area (Å²) in [6, 6.07) is 15.7. The van der Waals surface area contributed by atoms with Crippen LogP contribution in [0.1, 0.15) is 11.6 Å². The van der Waals surface area contributed by atoms with Crippen LogP contribution < -0.4 is 9.47 Å². The molecule has 2 fully saturated rings. The molecule has 0 N–H and O–H groups in total. The highest BCUT2D eigenvalue weighted by atomic mass is 32.2. The molecule has 0 aromatic heterocycles. The average molecular weight is 401 g/mol. The molecule has 28 heavy (non-hydrogen) atoms. The van der Waals surface area contributed by atoms with Gasteiger partial charge in [0.05, 0.1) is 0 Å². The van der Waals surface area contributed by atoms with Crippen LogP contribution in [-0.2, 0) is 10.0 Å². The van der Waals surface area contributed by atoms with Crippen LogP contribution in [0, 0.1) is 11.8 Å². The summed E-state index contributed by atoms with van der Waals surface area (Å²) in [6.07, 6.45) is 0. The summed E-state index contributed by atoms with van der Waals surface area (Å²) < 4.78 is 39.7. The smallest absolute Gasteiger partial charge is 0.246 e. The molecule has 3 heterocycles. The molecule has 148 valence electrons. The van der Waals surface area contributed by atoms with Crippen molar-refractivity contribution in [3.05, 3.63) is 54.1 Å². The van der Waals surface area contributed by atoms with Crippen molar-refractivity contribution in [1.82, 2.24) is 9.21 Å². The third-order valence-electron chi connectivity index (χ3n) is 6.15. The van der Waals surface area contributed by atoms with Gasteiger partial charge in [0, 0.05) is 25.7 Å². The third-order valence-corrected chi connectivity index (χ3v) is 8.01. The highest BCUT2D eigenvalue weighted by Crippen LogP contribution is 2.46. The van der Waals surface area contributed by atoms with Gasteiger partial charge in [-0.3, -0.25) is 4.90 Å². The molecular formula is C21H24N2O4S. The van der Waals surface area contributed by atoms with Crippen LogP contribution in [0.15, 0.2) is 53.4 Å². The molecule has 0 amide bonds. The Morgan fingerprint density at radius 2 is 1.71 bits per heavy atom. The van der Waals surface area contributed by atoms with E-state index in [1.54, 1.807) is 22.5 Å². The second kappa shape index (κ2) is 6.76. The first-order chi connectivity index (χ1) is 13.6. The lowest BCUT2D eigenvalue weighted by Crippen LogP contribution is -2.34. The standard InChI is InChI=1S/C21H24N2O4S/c1-22-12-16-13-23(14-17(16)20(22)15-6-3-2-4-7-15)28(24,25)19-9-5-8-18-21(19)27-11-10-26-18/h2-9,16-17,20H,10-14H2,1H3/t16-,17+,20-/m0/s1. The average Bonchev–Trinajstić information content (AvgIpc) is 3.25. The van der Waals surface area contributed by atoms with Crippen molar-refractivity contribution in [3.63, 3.8) is 0 Å². The first-order valence-electron chi connectivity index (χ1n) is 9.69. The number of hydrogen-bond donors (Lipinski definition) is 0.